The van der Waals surface area contributed by atoms with Gasteiger partial charge in [-0.25, -0.2) is 0 Å². The van der Waals surface area contributed by atoms with E-state index in [-0.39, 0.29) is 23.9 Å². The van der Waals surface area contributed by atoms with Crippen LogP contribution in [0.2, 0.25) is 0 Å². The lowest BCUT2D eigenvalue weighted by Crippen LogP contribution is -2.51. The van der Waals surface area contributed by atoms with Crippen LogP contribution >= 0.6 is 0 Å². The van der Waals surface area contributed by atoms with Crippen LogP contribution in [0.3, 0.4) is 0 Å². The molecular weight excluding hydrogens is 300 g/mol. The summed E-state index contributed by atoms with van der Waals surface area (Å²) in [5, 5.41) is 3.13. The molecule has 2 bridgehead atoms. The molecule has 24 heavy (non-hydrogen) atoms. The molecule has 0 radical (unpaired) electrons. The molecule has 0 aromatic heterocycles. The minimum Gasteiger partial charge on any atom is -0.347 e. The number of amides is 2. The molecule has 1 saturated carbocycles. The van der Waals surface area contributed by atoms with E-state index in [4.69, 9.17) is 0 Å². The normalized spacial score (nSPS) is 24.8. The third-order valence-electron chi connectivity index (χ3n) is 5.12. The summed E-state index contributed by atoms with van der Waals surface area (Å²) in [6.45, 7) is 0.802. The summed E-state index contributed by atoms with van der Waals surface area (Å²) in [5.74, 6) is 0.505. The number of hydrogen-bond donors (Lipinski definition) is 1. The molecule has 1 heterocycles. The Morgan fingerprint density at radius 1 is 0.875 bits per heavy atom. The predicted molar refractivity (Wildman–Crippen MR) is 91.7 cm³/mol. The van der Waals surface area contributed by atoms with Crippen LogP contribution in [0.25, 0.3) is 0 Å². The van der Waals surface area contributed by atoms with Gasteiger partial charge in [0.2, 0.25) is 0 Å². The number of nitrogens with zero attached hydrogens (tertiary/aromatic N) is 1. The van der Waals surface area contributed by atoms with Crippen LogP contribution in [0.4, 0.5) is 0 Å². The second-order valence-electron chi connectivity index (χ2n) is 6.67. The van der Waals surface area contributed by atoms with Crippen molar-refractivity contribution in [3.05, 3.63) is 71.8 Å². The van der Waals surface area contributed by atoms with Crippen LogP contribution in [-0.2, 0) is 0 Å². The molecule has 0 spiro atoms. The van der Waals surface area contributed by atoms with E-state index in [1.165, 1.54) is 0 Å². The van der Waals surface area contributed by atoms with Gasteiger partial charge in [-0.3, -0.25) is 9.59 Å². The molecule has 2 aromatic rings. The maximum atomic E-state index is 12.8. The van der Waals surface area contributed by atoms with Crippen molar-refractivity contribution < 1.29 is 9.59 Å². The van der Waals surface area contributed by atoms with Gasteiger partial charge in [-0.15, -0.1) is 0 Å². The van der Waals surface area contributed by atoms with Crippen molar-refractivity contribution in [3.8, 4) is 0 Å². The summed E-state index contributed by atoms with van der Waals surface area (Å²) < 4.78 is 0. The van der Waals surface area contributed by atoms with Gasteiger partial charge in [0, 0.05) is 23.7 Å². The average Bonchev–Trinajstić information content (AvgIpc) is 3.23. The van der Waals surface area contributed by atoms with Gasteiger partial charge in [0.25, 0.3) is 11.8 Å². The Labute approximate surface area is 141 Å². The summed E-state index contributed by atoms with van der Waals surface area (Å²) in [4.78, 5) is 27.1. The zero-order valence-electron chi connectivity index (χ0n) is 13.4. The van der Waals surface area contributed by atoms with E-state index in [0.717, 1.165) is 24.9 Å². The summed E-state index contributed by atoms with van der Waals surface area (Å²) in [6.07, 6.45) is 1.94. The molecule has 3 atom stereocenters. The Kier molecular flexibility index (Phi) is 3.81. The third-order valence-corrected chi connectivity index (χ3v) is 5.12. The zero-order chi connectivity index (χ0) is 16.5. The second kappa shape index (κ2) is 6.11. The number of carbonyl (C=O) groups is 2. The quantitative estimate of drug-likeness (QED) is 0.945. The van der Waals surface area contributed by atoms with Gasteiger partial charge < -0.3 is 10.2 Å². The van der Waals surface area contributed by atoms with Crippen molar-refractivity contribution in [1.29, 1.82) is 0 Å². The van der Waals surface area contributed by atoms with E-state index in [1.54, 1.807) is 0 Å². The molecule has 1 aliphatic heterocycles. The van der Waals surface area contributed by atoms with Crippen molar-refractivity contribution in [3.63, 3.8) is 0 Å². The minimum absolute atomic E-state index is 0.0455. The summed E-state index contributed by atoms with van der Waals surface area (Å²) >= 11 is 0. The van der Waals surface area contributed by atoms with Crippen molar-refractivity contribution in [2.75, 3.05) is 6.54 Å². The molecule has 4 heteroatoms. The Morgan fingerprint density at radius 2 is 1.50 bits per heavy atom. The number of nitrogens with one attached hydrogen (secondary N) is 1. The molecule has 122 valence electrons. The predicted octanol–water partition coefficient (Wildman–Crippen LogP) is 2.72. The van der Waals surface area contributed by atoms with Crippen LogP contribution in [0.1, 0.15) is 33.6 Å². The molecule has 1 N–H and O–H groups in total. The van der Waals surface area contributed by atoms with Crippen LogP contribution in [-0.4, -0.2) is 35.3 Å². The molecule has 4 nitrogen and oxygen atoms in total. The van der Waals surface area contributed by atoms with Crippen molar-refractivity contribution in [2.24, 2.45) is 5.92 Å². The average molecular weight is 320 g/mol. The molecule has 2 fully saturated rings. The maximum Gasteiger partial charge on any atom is 0.254 e. The number of hydrogen-bond acceptors (Lipinski definition) is 2. The van der Waals surface area contributed by atoms with E-state index >= 15 is 0 Å². The SMILES string of the molecule is O=C(N[C@H]1C[C@@H]2C[C@H]1N(C(=O)c1ccccc1)C2)c1ccccc1. The van der Waals surface area contributed by atoms with E-state index in [1.807, 2.05) is 65.6 Å². The lowest BCUT2D eigenvalue weighted by Gasteiger charge is -2.33. The van der Waals surface area contributed by atoms with Gasteiger partial charge in [0.1, 0.15) is 0 Å². The van der Waals surface area contributed by atoms with E-state index in [2.05, 4.69) is 5.32 Å². The van der Waals surface area contributed by atoms with Crippen LogP contribution in [0.15, 0.2) is 60.7 Å². The molecule has 2 aromatic carbocycles. The first-order chi connectivity index (χ1) is 11.7. The van der Waals surface area contributed by atoms with Gasteiger partial charge in [-0.2, -0.15) is 0 Å². The fourth-order valence-corrected chi connectivity index (χ4v) is 4.00. The topological polar surface area (TPSA) is 49.4 Å². The van der Waals surface area contributed by atoms with Crippen molar-refractivity contribution in [1.82, 2.24) is 10.2 Å². The van der Waals surface area contributed by atoms with Crippen molar-refractivity contribution >= 4 is 11.8 Å². The fourth-order valence-electron chi connectivity index (χ4n) is 4.00. The first-order valence-corrected chi connectivity index (χ1v) is 8.44. The van der Waals surface area contributed by atoms with E-state index in [9.17, 15) is 9.59 Å². The first-order valence-electron chi connectivity index (χ1n) is 8.44. The zero-order valence-corrected chi connectivity index (χ0v) is 13.4. The van der Waals surface area contributed by atoms with Gasteiger partial charge in [0.05, 0.1) is 6.04 Å². The number of piperidine rings is 1. The highest BCUT2D eigenvalue weighted by Gasteiger charge is 2.47. The number of benzene rings is 2. The first kappa shape index (κ1) is 14.9. The third kappa shape index (κ3) is 2.68. The Balaban J connectivity index is 1.47. The van der Waals surface area contributed by atoms with Gasteiger partial charge in [-0.1, -0.05) is 36.4 Å². The van der Waals surface area contributed by atoms with Gasteiger partial charge in [0.15, 0.2) is 0 Å². The van der Waals surface area contributed by atoms with Crippen LogP contribution < -0.4 is 5.32 Å². The van der Waals surface area contributed by atoms with Crippen LogP contribution in [0, 0.1) is 5.92 Å². The lowest BCUT2D eigenvalue weighted by atomic mass is 10.0. The molecular formula is C20H20N2O2. The molecule has 2 amide bonds. The molecule has 1 aliphatic carbocycles. The molecule has 0 unspecified atom stereocenters. The molecule has 2 aliphatic rings. The number of fused-ring (bicyclic) bond motifs is 2. The highest BCUT2D eigenvalue weighted by Crippen LogP contribution is 2.38. The highest BCUT2D eigenvalue weighted by molar-refractivity contribution is 5.96. The Morgan fingerprint density at radius 3 is 2.12 bits per heavy atom. The number of rotatable bonds is 3. The monoisotopic (exact) mass is 320 g/mol. The largest absolute Gasteiger partial charge is 0.347 e. The lowest BCUT2D eigenvalue weighted by molar-refractivity contribution is 0.0648. The molecule has 1 saturated heterocycles. The van der Waals surface area contributed by atoms with Gasteiger partial charge >= 0.3 is 0 Å². The smallest absolute Gasteiger partial charge is 0.254 e. The van der Waals surface area contributed by atoms with Crippen molar-refractivity contribution in [2.45, 2.75) is 24.9 Å². The van der Waals surface area contributed by atoms with Gasteiger partial charge in [-0.05, 0) is 43.0 Å². The standard InChI is InChI=1S/C20H20N2O2/c23-19(15-7-3-1-4-8-15)21-17-11-14-12-18(17)22(13-14)20(24)16-9-5-2-6-10-16/h1-10,14,17-18H,11-13H2,(H,21,23)/t14-,17+,18-/m1/s1. The molecule has 4 rings (SSSR count). The number of likely N-dealkylation sites (tertiary alicyclic amines) is 1. The maximum absolute atomic E-state index is 12.8. The Hall–Kier alpha value is -2.62. The summed E-state index contributed by atoms with van der Waals surface area (Å²) in [6, 6.07) is 18.8. The van der Waals surface area contributed by atoms with Crippen LogP contribution in [0.5, 0.6) is 0 Å². The number of carbonyl (C=O) groups excluding carboxylic acids is 2. The fraction of sp³-hybridized carbons (Fsp3) is 0.300. The summed E-state index contributed by atoms with van der Waals surface area (Å²) in [7, 11) is 0. The van der Waals surface area contributed by atoms with E-state index in [0.29, 0.717) is 11.5 Å². The second-order valence-corrected chi connectivity index (χ2v) is 6.67. The Bertz CT molecular complexity index is 743. The minimum atomic E-state index is -0.0553. The van der Waals surface area contributed by atoms with E-state index < -0.39 is 0 Å². The highest BCUT2D eigenvalue weighted by atomic mass is 16.2. The summed E-state index contributed by atoms with van der Waals surface area (Å²) in [5.41, 5.74) is 1.39.